The smallest absolute Gasteiger partial charge is 0.338 e. The highest BCUT2D eigenvalue weighted by Gasteiger charge is 2.07. The minimum Gasteiger partial charge on any atom is -0.460 e. The molecule has 0 saturated heterocycles. The molecule has 1 N–H and O–H groups in total. The molecule has 0 aliphatic heterocycles. The van der Waals surface area contributed by atoms with Gasteiger partial charge in [0, 0.05) is 19.3 Å². The van der Waals surface area contributed by atoms with Gasteiger partial charge in [-0.25, -0.2) is 4.79 Å². The van der Waals surface area contributed by atoms with E-state index in [0.29, 0.717) is 12.2 Å². The maximum absolute atomic E-state index is 12.0. The Morgan fingerprint density at radius 3 is 1.72 bits per heavy atom. The molecule has 0 bridgehead atoms. The molecule has 3 aromatic rings. The van der Waals surface area contributed by atoms with E-state index in [1.807, 2.05) is 12.1 Å². The number of esters is 1. The van der Waals surface area contributed by atoms with Gasteiger partial charge in [-0.15, -0.1) is 0 Å². The lowest BCUT2D eigenvalue weighted by Gasteiger charge is -2.08. The molecule has 0 aliphatic carbocycles. The molecule has 3 aromatic carbocycles. The maximum Gasteiger partial charge on any atom is 0.338 e. The van der Waals surface area contributed by atoms with E-state index in [2.05, 4.69) is 60.8 Å². The van der Waals surface area contributed by atoms with Crippen molar-refractivity contribution in [1.29, 1.82) is 0 Å². The topological polar surface area (TPSA) is 47.6 Å². The highest BCUT2D eigenvalue weighted by atomic mass is 16.6. The molecule has 0 atom stereocenters. The standard InChI is InChI=1S/C25H27NO3/c1-3-16-26-24-14-12-22(13-15-24)20-6-4-19(5-7-20)21-8-10-23(11-9-21)25(27)29-18-17-28-2/h4-15,26H,3,16-18H2,1-2H3. The van der Waals surface area contributed by atoms with Crippen LogP contribution in [-0.4, -0.2) is 32.8 Å². The summed E-state index contributed by atoms with van der Waals surface area (Å²) in [5, 5.41) is 3.39. The first-order chi connectivity index (χ1) is 14.2. The van der Waals surface area contributed by atoms with Crippen LogP contribution in [0, 0.1) is 0 Å². The van der Waals surface area contributed by atoms with Crippen molar-refractivity contribution in [3.05, 3.63) is 78.4 Å². The van der Waals surface area contributed by atoms with Crippen molar-refractivity contribution < 1.29 is 14.3 Å². The van der Waals surface area contributed by atoms with Gasteiger partial charge in [-0.3, -0.25) is 0 Å². The molecule has 0 saturated carbocycles. The van der Waals surface area contributed by atoms with Gasteiger partial charge in [0.25, 0.3) is 0 Å². The van der Waals surface area contributed by atoms with E-state index < -0.39 is 0 Å². The molecule has 0 spiro atoms. The van der Waals surface area contributed by atoms with E-state index >= 15 is 0 Å². The second-order valence-electron chi connectivity index (χ2n) is 6.79. The number of anilines is 1. The van der Waals surface area contributed by atoms with Crippen LogP contribution in [0.25, 0.3) is 22.3 Å². The van der Waals surface area contributed by atoms with Crippen LogP contribution >= 0.6 is 0 Å². The van der Waals surface area contributed by atoms with Crippen LogP contribution in [0.4, 0.5) is 5.69 Å². The van der Waals surface area contributed by atoms with Gasteiger partial charge in [-0.1, -0.05) is 55.5 Å². The van der Waals surface area contributed by atoms with E-state index in [0.717, 1.165) is 29.8 Å². The van der Waals surface area contributed by atoms with Crippen LogP contribution < -0.4 is 5.32 Å². The van der Waals surface area contributed by atoms with Crippen molar-refractivity contribution in [2.75, 3.05) is 32.2 Å². The second-order valence-corrected chi connectivity index (χ2v) is 6.79. The Kier molecular flexibility index (Phi) is 7.42. The molecule has 0 aromatic heterocycles. The molecule has 0 heterocycles. The van der Waals surface area contributed by atoms with Gasteiger partial charge < -0.3 is 14.8 Å². The number of hydrogen-bond acceptors (Lipinski definition) is 4. The molecule has 0 aliphatic rings. The lowest BCUT2D eigenvalue weighted by Crippen LogP contribution is -2.09. The zero-order valence-corrected chi connectivity index (χ0v) is 17.0. The third-order valence-electron chi connectivity index (χ3n) is 4.66. The number of methoxy groups -OCH3 is 1. The Bertz CT molecular complexity index is 900. The lowest BCUT2D eigenvalue weighted by molar-refractivity contribution is 0.0388. The van der Waals surface area contributed by atoms with Crippen LogP contribution in [0.5, 0.6) is 0 Å². The number of benzene rings is 3. The van der Waals surface area contributed by atoms with Crippen molar-refractivity contribution in [3.63, 3.8) is 0 Å². The normalized spacial score (nSPS) is 10.6. The minimum absolute atomic E-state index is 0.258. The predicted octanol–water partition coefficient (Wildman–Crippen LogP) is 5.65. The van der Waals surface area contributed by atoms with Crippen molar-refractivity contribution in [1.82, 2.24) is 0 Å². The van der Waals surface area contributed by atoms with Crippen molar-refractivity contribution in [2.45, 2.75) is 13.3 Å². The largest absolute Gasteiger partial charge is 0.460 e. The average Bonchev–Trinajstić information content (AvgIpc) is 2.78. The number of carbonyl (C=O) groups is 1. The SMILES string of the molecule is CCCNc1ccc(-c2ccc(-c3ccc(C(=O)OCCOC)cc3)cc2)cc1. The van der Waals surface area contributed by atoms with Gasteiger partial charge in [0.15, 0.2) is 0 Å². The van der Waals surface area contributed by atoms with Crippen LogP contribution in [-0.2, 0) is 9.47 Å². The summed E-state index contributed by atoms with van der Waals surface area (Å²) in [6.45, 7) is 3.80. The zero-order chi connectivity index (χ0) is 20.5. The summed E-state index contributed by atoms with van der Waals surface area (Å²) in [5.74, 6) is -0.333. The van der Waals surface area contributed by atoms with Gasteiger partial charge in [0.2, 0.25) is 0 Å². The fourth-order valence-electron chi connectivity index (χ4n) is 3.00. The van der Waals surface area contributed by atoms with Crippen LogP contribution in [0.1, 0.15) is 23.7 Å². The summed E-state index contributed by atoms with van der Waals surface area (Å²) in [5.41, 5.74) is 6.21. The van der Waals surface area contributed by atoms with E-state index in [1.54, 1.807) is 19.2 Å². The van der Waals surface area contributed by atoms with E-state index in [1.165, 1.54) is 11.1 Å². The number of ether oxygens (including phenoxy) is 2. The van der Waals surface area contributed by atoms with Gasteiger partial charge in [-0.05, 0) is 52.9 Å². The Morgan fingerprint density at radius 2 is 1.24 bits per heavy atom. The first-order valence-electron chi connectivity index (χ1n) is 9.92. The average molecular weight is 389 g/mol. The summed E-state index contributed by atoms with van der Waals surface area (Å²) in [4.78, 5) is 12.0. The highest BCUT2D eigenvalue weighted by molar-refractivity contribution is 5.90. The molecule has 4 nitrogen and oxygen atoms in total. The van der Waals surface area contributed by atoms with E-state index in [4.69, 9.17) is 9.47 Å². The van der Waals surface area contributed by atoms with Gasteiger partial charge >= 0.3 is 5.97 Å². The molecule has 0 fully saturated rings. The zero-order valence-electron chi connectivity index (χ0n) is 17.0. The number of rotatable bonds is 9. The second kappa shape index (κ2) is 10.4. The summed E-state index contributed by atoms with van der Waals surface area (Å²) in [6, 6.07) is 24.4. The Labute approximate surface area is 172 Å². The molecule has 4 heteroatoms. The van der Waals surface area contributed by atoms with Gasteiger partial charge in [-0.2, -0.15) is 0 Å². The number of carbonyl (C=O) groups excluding carboxylic acids is 1. The number of nitrogens with one attached hydrogen (secondary N) is 1. The van der Waals surface area contributed by atoms with Crippen molar-refractivity contribution in [2.24, 2.45) is 0 Å². The first kappa shape index (κ1) is 20.6. The first-order valence-corrected chi connectivity index (χ1v) is 9.92. The third-order valence-corrected chi connectivity index (χ3v) is 4.66. The summed E-state index contributed by atoms with van der Waals surface area (Å²) in [7, 11) is 1.58. The summed E-state index contributed by atoms with van der Waals surface area (Å²) < 4.78 is 10.0. The number of hydrogen-bond donors (Lipinski definition) is 1. The van der Waals surface area contributed by atoms with Crippen LogP contribution in [0.2, 0.25) is 0 Å². The van der Waals surface area contributed by atoms with Gasteiger partial charge in [0.05, 0.1) is 12.2 Å². The van der Waals surface area contributed by atoms with E-state index in [-0.39, 0.29) is 12.6 Å². The predicted molar refractivity (Wildman–Crippen MR) is 118 cm³/mol. The fraction of sp³-hybridized carbons (Fsp3) is 0.240. The quantitative estimate of drug-likeness (QED) is 0.380. The summed E-state index contributed by atoms with van der Waals surface area (Å²) in [6.07, 6.45) is 1.11. The van der Waals surface area contributed by atoms with E-state index in [9.17, 15) is 4.79 Å². The van der Waals surface area contributed by atoms with Crippen molar-refractivity contribution in [3.8, 4) is 22.3 Å². The highest BCUT2D eigenvalue weighted by Crippen LogP contribution is 2.26. The molecule has 0 unspecified atom stereocenters. The third kappa shape index (κ3) is 5.69. The molecule has 29 heavy (non-hydrogen) atoms. The Hall–Kier alpha value is -3.11. The molecule has 0 radical (unpaired) electrons. The van der Waals surface area contributed by atoms with Crippen LogP contribution in [0.3, 0.4) is 0 Å². The molecular weight excluding hydrogens is 362 g/mol. The molecule has 0 amide bonds. The minimum atomic E-state index is -0.333. The molecule has 150 valence electrons. The van der Waals surface area contributed by atoms with Gasteiger partial charge in [0.1, 0.15) is 6.61 Å². The van der Waals surface area contributed by atoms with Crippen LogP contribution in [0.15, 0.2) is 72.8 Å². The molecular formula is C25H27NO3. The fourth-order valence-corrected chi connectivity index (χ4v) is 3.00. The Balaban J connectivity index is 1.66. The lowest BCUT2D eigenvalue weighted by atomic mass is 9.99. The van der Waals surface area contributed by atoms with Crippen molar-refractivity contribution >= 4 is 11.7 Å². The maximum atomic E-state index is 12.0. The summed E-state index contributed by atoms with van der Waals surface area (Å²) >= 11 is 0. The Morgan fingerprint density at radius 1 is 0.759 bits per heavy atom. The monoisotopic (exact) mass is 389 g/mol. The molecule has 3 rings (SSSR count).